The number of aryl methyl sites for hydroxylation is 2. The number of carbonyl (C=O) groups excluding carboxylic acids is 2. The van der Waals surface area contributed by atoms with Gasteiger partial charge in [0.05, 0.1) is 13.1 Å². The first-order valence-corrected chi connectivity index (χ1v) is 7.74. The molecule has 0 aliphatic heterocycles. The number of nitrogens with one attached hydrogen (secondary N) is 2. The number of nitrogens with zero attached hydrogens (tertiary/aromatic N) is 1. The molecule has 0 saturated carbocycles. The molecule has 23 heavy (non-hydrogen) atoms. The first-order chi connectivity index (χ1) is 10.9. The van der Waals surface area contributed by atoms with Crippen molar-refractivity contribution in [3.8, 4) is 0 Å². The van der Waals surface area contributed by atoms with Gasteiger partial charge < -0.3 is 15.4 Å². The smallest absolute Gasteiger partial charge is 0.238 e. The van der Waals surface area contributed by atoms with Crippen molar-refractivity contribution in [3.63, 3.8) is 0 Å². The molecule has 0 aliphatic carbocycles. The van der Waals surface area contributed by atoms with Crippen molar-refractivity contribution >= 4 is 17.5 Å². The van der Waals surface area contributed by atoms with Crippen LogP contribution in [0.15, 0.2) is 18.2 Å². The molecule has 128 valence electrons. The molecule has 0 fully saturated rings. The van der Waals surface area contributed by atoms with Gasteiger partial charge in [-0.25, -0.2) is 0 Å². The summed E-state index contributed by atoms with van der Waals surface area (Å²) in [5, 5.41) is 5.71. The Kier molecular flexibility index (Phi) is 8.29. The first kappa shape index (κ1) is 19.1. The second-order valence-electron chi connectivity index (χ2n) is 5.68. The molecule has 0 aromatic heterocycles. The van der Waals surface area contributed by atoms with Crippen LogP contribution in [0.25, 0.3) is 0 Å². The van der Waals surface area contributed by atoms with Gasteiger partial charge in [-0.05, 0) is 38.4 Å². The van der Waals surface area contributed by atoms with Crippen LogP contribution in [-0.4, -0.2) is 57.1 Å². The van der Waals surface area contributed by atoms with Crippen molar-refractivity contribution < 1.29 is 14.3 Å². The van der Waals surface area contributed by atoms with E-state index >= 15 is 0 Å². The minimum Gasteiger partial charge on any atom is -0.385 e. The monoisotopic (exact) mass is 321 g/mol. The van der Waals surface area contributed by atoms with E-state index in [4.69, 9.17) is 4.74 Å². The zero-order chi connectivity index (χ0) is 17.2. The second kappa shape index (κ2) is 9.97. The lowest BCUT2D eigenvalue weighted by molar-refractivity contribution is -0.123. The summed E-state index contributed by atoms with van der Waals surface area (Å²) in [6, 6.07) is 5.87. The highest BCUT2D eigenvalue weighted by molar-refractivity contribution is 5.94. The van der Waals surface area contributed by atoms with Crippen LogP contribution in [-0.2, 0) is 14.3 Å². The van der Waals surface area contributed by atoms with Crippen LogP contribution < -0.4 is 10.6 Å². The Balaban J connectivity index is 2.37. The van der Waals surface area contributed by atoms with E-state index in [1.165, 1.54) is 0 Å². The minimum atomic E-state index is -0.128. The van der Waals surface area contributed by atoms with Crippen molar-refractivity contribution in [2.24, 2.45) is 0 Å². The van der Waals surface area contributed by atoms with E-state index in [-0.39, 0.29) is 24.9 Å². The maximum atomic E-state index is 12.1. The molecule has 6 nitrogen and oxygen atoms in total. The highest BCUT2D eigenvalue weighted by Gasteiger charge is 2.12. The summed E-state index contributed by atoms with van der Waals surface area (Å²) in [6.45, 7) is 5.47. The van der Waals surface area contributed by atoms with Crippen LogP contribution in [0, 0.1) is 13.8 Å². The summed E-state index contributed by atoms with van der Waals surface area (Å²) in [6.07, 6.45) is 0.777. The Labute approximate surface area is 138 Å². The lowest BCUT2D eigenvalue weighted by Gasteiger charge is -2.17. The van der Waals surface area contributed by atoms with Gasteiger partial charge in [0, 0.05) is 25.9 Å². The van der Waals surface area contributed by atoms with Gasteiger partial charge in [0.15, 0.2) is 0 Å². The van der Waals surface area contributed by atoms with Gasteiger partial charge in [-0.3, -0.25) is 14.5 Å². The molecule has 0 unspecified atom stereocenters. The Bertz CT molecular complexity index is 512. The number of anilines is 1. The number of carbonyl (C=O) groups is 2. The molecule has 1 aromatic carbocycles. The lowest BCUT2D eigenvalue weighted by atomic mass is 10.1. The van der Waals surface area contributed by atoms with Crippen LogP contribution in [0.5, 0.6) is 0 Å². The molecule has 1 aromatic rings. The first-order valence-electron chi connectivity index (χ1n) is 7.74. The fraction of sp³-hybridized carbons (Fsp3) is 0.529. The standard InChI is InChI=1S/C17H27N3O3/c1-13-7-5-8-14(2)17(13)19-16(22)12-20(3)11-15(21)18-9-6-10-23-4/h5,7-8H,6,9-12H2,1-4H3,(H,18,21)(H,19,22). The van der Waals surface area contributed by atoms with Gasteiger partial charge in [-0.2, -0.15) is 0 Å². The summed E-state index contributed by atoms with van der Waals surface area (Å²) in [7, 11) is 3.38. The van der Waals surface area contributed by atoms with E-state index in [2.05, 4.69) is 10.6 Å². The molecule has 2 N–H and O–H groups in total. The van der Waals surface area contributed by atoms with Crippen molar-refractivity contribution in [2.75, 3.05) is 45.7 Å². The van der Waals surface area contributed by atoms with E-state index in [1.807, 2.05) is 32.0 Å². The summed E-state index contributed by atoms with van der Waals surface area (Å²) in [4.78, 5) is 25.5. The number of benzene rings is 1. The number of para-hydroxylation sites is 1. The van der Waals surface area contributed by atoms with Crippen LogP contribution in [0.4, 0.5) is 5.69 Å². The number of ether oxygens (including phenoxy) is 1. The van der Waals surface area contributed by atoms with Gasteiger partial charge >= 0.3 is 0 Å². The molecule has 6 heteroatoms. The number of hydrogen-bond acceptors (Lipinski definition) is 4. The Hall–Kier alpha value is -1.92. The van der Waals surface area contributed by atoms with E-state index in [0.29, 0.717) is 13.2 Å². The number of hydrogen-bond donors (Lipinski definition) is 2. The molecule has 0 bridgehead atoms. The van der Waals surface area contributed by atoms with Crippen molar-refractivity contribution in [1.82, 2.24) is 10.2 Å². The topological polar surface area (TPSA) is 70.7 Å². The molecule has 0 atom stereocenters. The van der Waals surface area contributed by atoms with Gasteiger partial charge in [0.2, 0.25) is 11.8 Å². The molecule has 1 rings (SSSR count). The SMILES string of the molecule is COCCCNC(=O)CN(C)CC(=O)Nc1c(C)cccc1C. The predicted molar refractivity (Wildman–Crippen MR) is 91.5 cm³/mol. The Morgan fingerprint density at radius 2 is 1.74 bits per heavy atom. The maximum absolute atomic E-state index is 12.1. The largest absolute Gasteiger partial charge is 0.385 e. The van der Waals surface area contributed by atoms with Gasteiger partial charge in [-0.15, -0.1) is 0 Å². The molecule has 0 heterocycles. The normalized spacial score (nSPS) is 10.7. The van der Waals surface area contributed by atoms with Gasteiger partial charge in [-0.1, -0.05) is 18.2 Å². The zero-order valence-electron chi connectivity index (χ0n) is 14.4. The van der Waals surface area contributed by atoms with Crippen LogP contribution >= 0.6 is 0 Å². The number of amides is 2. The molecule has 0 radical (unpaired) electrons. The van der Waals surface area contributed by atoms with E-state index < -0.39 is 0 Å². The number of methoxy groups -OCH3 is 1. The third-order valence-electron chi connectivity index (χ3n) is 3.42. The Morgan fingerprint density at radius 1 is 1.13 bits per heavy atom. The van der Waals surface area contributed by atoms with Crippen molar-refractivity contribution in [1.29, 1.82) is 0 Å². The molecule has 2 amide bonds. The molecular formula is C17H27N3O3. The molecule has 0 saturated heterocycles. The van der Waals surface area contributed by atoms with Crippen LogP contribution in [0.1, 0.15) is 17.5 Å². The number of rotatable bonds is 9. The fourth-order valence-electron chi connectivity index (χ4n) is 2.24. The predicted octanol–water partition coefficient (Wildman–Crippen LogP) is 1.33. The fourth-order valence-corrected chi connectivity index (χ4v) is 2.24. The van der Waals surface area contributed by atoms with E-state index in [1.54, 1.807) is 19.1 Å². The summed E-state index contributed by atoms with van der Waals surface area (Å²) in [5.74, 6) is -0.222. The highest BCUT2D eigenvalue weighted by atomic mass is 16.5. The summed E-state index contributed by atoms with van der Waals surface area (Å²) >= 11 is 0. The van der Waals surface area contributed by atoms with Crippen LogP contribution in [0.3, 0.4) is 0 Å². The van der Waals surface area contributed by atoms with Crippen LogP contribution in [0.2, 0.25) is 0 Å². The minimum absolute atomic E-state index is 0.0940. The third-order valence-corrected chi connectivity index (χ3v) is 3.42. The highest BCUT2D eigenvalue weighted by Crippen LogP contribution is 2.19. The second-order valence-corrected chi connectivity index (χ2v) is 5.68. The lowest BCUT2D eigenvalue weighted by Crippen LogP contribution is -2.39. The summed E-state index contributed by atoms with van der Waals surface area (Å²) in [5.41, 5.74) is 2.89. The maximum Gasteiger partial charge on any atom is 0.238 e. The quantitative estimate of drug-likeness (QED) is 0.673. The van der Waals surface area contributed by atoms with Crippen molar-refractivity contribution in [2.45, 2.75) is 20.3 Å². The number of likely N-dealkylation sites (N-methyl/N-ethyl adjacent to an activating group) is 1. The van der Waals surface area contributed by atoms with Gasteiger partial charge in [0.1, 0.15) is 0 Å². The third kappa shape index (κ3) is 7.25. The average molecular weight is 321 g/mol. The van der Waals surface area contributed by atoms with E-state index in [0.717, 1.165) is 23.2 Å². The molecular weight excluding hydrogens is 294 g/mol. The van der Waals surface area contributed by atoms with E-state index in [9.17, 15) is 9.59 Å². The average Bonchev–Trinajstić information content (AvgIpc) is 2.47. The molecule has 0 aliphatic rings. The van der Waals surface area contributed by atoms with Gasteiger partial charge in [0.25, 0.3) is 0 Å². The summed E-state index contributed by atoms with van der Waals surface area (Å²) < 4.78 is 4.92. The molecule has 0 spiro atoms. The Morgan fingerprint density at radius 3 is 2.35 bits per heavy atom. The van der Waals surface area contributed by atoms with Crippen molar-refractivity contribution in [3.05, 3.63) is 29.3 Å². The zero-order valence-corrected chi connectivity index (χ0v) is 14.4.